The second-order valence-corrected chi connectivity index (χ2v) is 4.10. The van der Waals surface area contributed by atoms with Gasteiger partial charge < -0.3 is 16.6 Å². The fourth-order valence-electron chi connectivity index (χ4n) is 1.74. The van der Waals surface area contributed by atoms with Crippen LogP contribution in [-0.4, -0.2) is 23.7 Å². The van der Waals surface area contributed by atoms with Crippen molar-refractivity contribution in [3.63, 3.8) is 0 Å². The number of benzene rings is 1. The van der Waals surface area contributed by atoms with Crippen LogP contribution in [0.15, 0.2) is 18.2 Å². The molecule has 2 unspecified atom stereocenters. The molecule has 0 aliphatic rings. The number of carboxylic acids is 1. The maximum Gasteiger partial charge on any atom is 0.320 e. The molecule has 0 spiro atoms. The standard InChI is InChI=1S/C12H16F2N2O2/c13-9-3-1-2-8(11(9)14)7(6-15)4-5-10(16)12(17)18/h1-3,7,10H,4-6,15-16H2,(H,17,18). The molecule has 100 valence electrons. The molecule has 2 atom stereocenters. The lowest BCUT2D eigenvalue weighted by Crippen LogP contribution is -2.31. The zero-order valence-electron chi connectivity index (χ0n) is 9.77. The molecule has 0 saturated heterocycles. The lowest BCUT2D eigenvalue weighted by molar-refractivity contribution is -0.138. The largest absolute Gasteiger partial charge is 0.480 e. The van der Waals surface area contributed by atoms with Crippen LogP contribution in [0.25, 0.3) is 0 Å². The molecular weight excluding hydrogens is 242 g/mol. The molecule has 18 heavy (non-hydrogen) atoms. The fourth-order valence-corrected chi connectivity index (χ4v) is 1.74. The molecule has 0 saturated carbocycles. The number of nitrogens with two attached hydrogens (primary N) is 2. The Labute approximate surface area is 104 Å². The molecule has 0 fully saturated rings. The third kappa shape index (κ3) is 3.48. The molecule has 6 heteroatoms. The zero-order valence-corrected chi connectivity index (χ0v) is 9.77. The van der Waals surface area contributed by atoms with Gasteiger partial charge in [-0.1, -0.05) is 12.1 Å². The molecule has 4 nitrogen and oxygen atoms in total. The molecule has 0 aliphatic carbocycles. The second kappa shape index (κ2) is 6.42. The topological polar surface area (TPSA) is 89.3 Å². The minimum Gasteiger partial charge on any atom is -0.480 e. The van der Waals surface area contributed by atoms with Crippen molar-refractivity contribution in [1.29, 1.82) is 0 Å². The Kier molecular flexibility index (Phi) is 5.18. The molecule has 0 amide bonds. The van der Waals surface area contributed by atoms with Crippen molar-refractivity contribution >= 4 is 5.97 Å². The van der Waals surface area contributed by atoms with Crippen molar-refractivity contribution in [3.8, 4) is 0 Å². The summed E-state index contributed by atoms with van der Waals surface area (Å²) in [4.78, 5) is 10.6. The first kappa shape index (κ1) is 14.5. The van der Waals surface area contributed by atoms with Gasteiger partial charge in [0.1, 0.15) is 6.04 Å². The lowest BCUT2D eigenvalue weighted by atomic mass is 9.92. The molecular formula is C12H16F2N2O2. The average Bonchev–Trinajstić information content (AvgIpc) is 2.34. The molecule has 1 aromatic rings. The minimum absolute atomic E-state index is 0.104. The first-order valence-corrected chi connectivity index (χ1v) is 5.59. The van der Waals surface area contributed by atoms with Crippen LogP contribution in [0.1, 0.15) is 24.3 Å². The Morgan fingerprint density at radius 1 is 1.33 bits per heavy atom. The van der Waals surface area contributed by atoms with E-state index in [4.69, 9.17) is 16.6 Å². The fraction of sp³-hybridized carbons (Fsp3) is 0.417. The summed E-state index contributed by atoms with van der Waals surface area (Å²) < 4.78 is 26.6. The predicted octanol–water partition coefficient (Wildman–Crippen LogP) is 1.20. The van der Waals surface area contributed by atoms with Gasteiger partial charge in [0.05, 0.1) is 0 Å². The summed E-state index contributed by atoms with van der Waals surface area (Å²) >= 11 is 0. The first-order valence-electron chi connectivity index (χ1n) is 5.59. The molecule has 0 radical (unpaired) electrons. The Morgan fingerprint density at radius 2 is 2.00 bits per heavy atom. The van der Waals surface area contributed by atoms with Crippen LogP contribution in [-0.2, 0) is 4.79 Å². The second-order valence-electron chi connectivity index (χ2n) is 4.10. The van der Waals surface area contributed by atoms with E-state index in [-0.39, 0.29) is 18.5 Å². The maximum atomic E-state index is 13.5. The van der Waals surface area contributed by atoms with Crippen molar-refractivity contribution in [2.24, 2.45) is 11.5 Å². The van der Waals surface area contributed by atoms with Crippen LogP contribution in [0, 0.1) is 11.6 Å². The van der Waals surface area contributed by atoms with Crippen LogP contribution < -0.4 is 11.5 Å². The van der Waals surface area contributed by atoms with E-state index in [2.05, 4.69) is 0 Å². The van der Waals surface area contributed by atoms with Gasteiger partial charge in [0, 0.05) is 0 Å². The van der Waals surface area contributed by atoms with Gasteiger partial charge in [0.25, 0.3) is 0 Å². The summed E-state index contributed by atoms with van der Waals surface area (Å²) in [7, 11) is 0. The van der Waals surface area contributed by atoms with E-state index in [1.807, 2.05) is 0 Å². The van der Waals surface area contributed by atoms with Gasteiger partial charge in [0.2, 0.25) is 0 Å². The first-order chi connectivity index (χ1) is 8.47. The van der Waals surface area contributed by atoms with E-state index < -0.39 is 29.6 Å². The number of halogens is 2. The highest BCUT2D eigenvalue weighted by Gasteiger charge is 2.19. The number of carbonyl (C=O) groups is 1. The van der Waals surface area contributed by atoms with Crippen molar-refractivity contribution < 1.29 is 18.7 Å². The van der Waals surface area contributed by atoms with Crippen molar-refractivity contribution in [1.82, 2.24) is 0 Å². The smallest absolute Gasteiger partial charge is 0.320 e. The molecule has 0 bridgehead atoms. The molecule has 0 aliphatic heterocycles. The van der Waals surface area contributed by atoms with E-state index in [0.717, 1.165) is 6.07 Å². The van der Waals surface area contributed by atoms with Gasteiger partial charge >= 0.3 is 5.97 Å². The number of aliphatic carboxylic acids is 1. The molecule has 1 aromatic carbocycles. The number of hydrogen-bond donors (Lipinski definition) is 3. The van der Waals surface area contributed by atoms with Gasteiger partial charge in [-0.25, -0.2) is 8.78 Å². The van der Waals surface area contributed by atoms with Crippen molar-refractivity contribution in [2.45, 2.75) is 24.8 Å². The summed E-state index contributed by atoms with van der Waals surface area (Å²) in [6.07, 6.45) is 0.456. The molecule has 5 N–H and O–H groups in total. The normalized spacial score (nSPS) is 14.2. The van der Waals surface area contributed by atoms with Gasteiger partial charge in [0.15, 0.2) is 11.6 Å². The highest BCUT2D eigenvalue weighted by molar-refractivity contribution is 5.72. The van der Waals surface area contributed by atoms with E-state index in [0.29, 0.717) is 6.42 Å². The lowest BCUT2D eigenvalue weighted by Gasteiger charge is -2.17. The third-order valence-electron chi connectivity index (χ3n) is 2.85. The average molecular weight is 258 g/mol. The quantitative estimate of drug-likeness (QED) is 0.715. The minimum atomic E-state index is -1.12. The Morgan fingerprint density at radius 3 is 2.56 bits per heavy atom. The summed E-state index contributed by atoms with van der Waals surface area (Å²) in [6.45, 7) is 0.104. The van der Waals surface area contributed by atoms with Crippen LogP contribution >= 0.6 is 0 Å². The van der Waals surface area contributed by atoms with Crippen LogP contribution in [0.2, 0.25) is 0 Å². The highest BCUT2D eigenvalue weighted by atomic mass is 19.2. The third-order valence-corrected chi connectivity index (χ3v) is 2.85. The van der Waals surface area contributed by atoms with E-state index in [1.54, 1.807) is 0 Å². The summed E-state index contributed by atoms with van der Waals surface area (Å²) in [5.74, 6) is -3.43. The Bertz CT molecular complexity index is 427. The summed E-state index contributed by atoms with van der Waals surface area (Å²) in [6, 6.07) is 2.85. The van der Waals surface area contributed by atoms with Gasteiger partial charge in [-0.05, 0) is 36.9 Å². The Hall–Kier alpha value is -1.53. The highest BCUT2D eigenvalue weighted by Crippen LogP contribution is 2.24. The zero-order chi connectivity index (χ0) is 13.7. The monoisotopic (exact) mass is 258 g/mol. The molecule has 0 aromatic heterocycles. The summed E-state index contributed by atoms with van der Waals surface area (Å²) in [5.41, 5.74) is 11.0. The van der Waals surface area contributed by atoms with Crippen molar-refractivity contribution in [2.75, 3.05) is 6.54 Å². The van der Waals surface area contributed by atoms with E-state index in [9.17, 15) is 13.6 Å². The molecule has 1 rings (SSSR count). The van der Waals surface area contributed by atoms with E-state index >= 15 is 0 Å². The molecule has 0 heterocycles. The van der Waals surface area contributed by atoms with Crippen LogP contribution in [0.4, 0.5) is 8.78 Å². The number of carboxylic acid groups (broad SMARTS) is 1. The Balaban J connectivity index is 2.77. The van der Waals surface area contributed by atoms with Crippen molar-refractivity contribution in [3.05, 3.63) is 35.4 Å². The van der Waals surface area contributed by atoms with E-state index in [1.165, 1.54) is 12.1 Å². The van der Waals surface area contributed by atoms with Crippen LogP contribution in [0.5, 0.6) is 0 Å². The maximum absolute atomic E-state index is 13.5. The van der Waals surface area contributed by atoms with Gasteiger partial charge in [-0.15, -0.1) is 0 Å². The van der Waals surface area contributed by atoms with Gasteiger partial charge in [-0.2, -0.15) is 0 Å². The number of hydrogen-bond acceptors (Lipinski definition) is 3. The van der Waals surface area contributed by atoms with Gasteiger partial charge in [-0.3, -0.25) is 4.79 Å². The number of rotatable bonds is 6. The SMILES string of the molecule is NCC(CCC(N)C(=O)O)c1cccc(F)c1F. The summed E-state index contributed by atoms with van der Waals surface area (Å²) in [5, 5.41) is 8.65. The van der Waals surface area contributed by atoms with Crippen LogP contribution in [0.3, 0.4) is 0 Å². The predicted molar refractivity (Wildman–Crippen MR) is 63.0 cm³/mol.